The van der Waals surface area contributed by atoms with Gasteiger partial charge in [-0.05, 0) is 24.1 Å². The van der Waals surface area contributed by atoms with Crippen molar-refractivity contribution >= 4 is 9.84 Å². The Labute approximate surface area is 108 Å². The van der Waals surface area contributed by atoms with E-state index in [1.54, 1.807) is 13.2 Å². The highest BCUT2D eigenvalue weighted by molar-refractivity contribution is 7.90. The molecule has 6 heteroatoms. The Morgan fingerprint density at radius 1 is 1.28 bits per heavy atom. The fraction of sp³-hybridized carbons (Fsp3) is 0.500. The molecule has 0 bridgehead atoms. The molecule has 0 aliphatic rings. The molecule has 5 nitrogen and oxygen atoms in total. The van der Waals surface area contributed by atoms with E-state index in [2.05, 4.69) is 0 Å². The predicted octanol–water partition coefficient (Wildman–Crippen LogP) is 0.967. The fourth-order valence-electron chi connectivity index (χ4n) is 1.46. The third kappa shape index (κ3) is 4.93. The zero-order valence-corrected chi connectivity index (χ0v) is 11.5. The lowest BCUT2D eigenvalue weighted by Gasteiger charge is -2.11. The largest absolute Gasteiger partial charge is 0.493 e. The van der Waals surface area contributed by atoms with Gasteiger partial charge in [0.1, 0.15) is 9.84 Å². The molecule has 0 saturated carbocycles. The van der Waals surface area contributed by atoms with Crippen LogP contribution in [0.15, 0.2) is 18.2 Å². The first-order chi connectivity index (χ1) is 8.46. The lowest BCUT2D eigenvalue weighted by atomic mass is 10.2. The highest BCUT2D eigenvalue weighted by atomic mass is 32.2. The van der Waals surface area contributed by atoms with Gasteiger partial charge in [0.05, 0.1) is 19.5 Å². The summed E-state index contributed by atoms with van der Waals surface area (Å²) < 4.78 is 32.6. The van der Waals surface area contributed by atoms with Gasteiger partial charge in [-0.15, -0.1) is 0 Å². The molecule has 0 heterocycles. The zero-order valence-electron chi connectivity index (χ0n) is 10.7. The second kappa shape index (κ2) is 6.61. The van der Waals surface area contributed by atoms with Gasteiger partial charge in [0, 0.05) is 12.8 Å². The average molecular weight is 273 g/mol. The maximum Gasteiger partial charge on any atom is 0.161 e. The van der Waals surface area contributed by atoms with E-state index in [-0.39, 0.29) is 5.75 Å². The molecule has 102 valence electrons. The number of benzene rings is 1. The van der Waals surface area contributed by atoms with Crippen LogP contribution in [0.1, 0.15) is 12.0 Å². The molecule has 0 spiro atoms. The van der Waals surface area contributed by atoms with Crippen molar-refractivity contribution in [3.63, 3.8) is 0 Å². The highest BCUT2D eigenvalue weighted by Crippen LogP contribution is 2.27. The van der Waals surface area contributed by atoms with Crippen LogP contribution in [0.2, 0.25) is 0 Å². The van der Waals surface area contributed by atoms with Crippen molar-refractivity contribution in [3.05, 3.63) is 23.8 Å². The molecule has 0 fully saturated rings. The SMILES string of the molecule is COc1cc(CN)ccc1OCCCS(C)(=O)=O. The van der Waals surface area contributed by atoms with Crippen LogP contribution in [0.25, 0.3) is 0 Å². The first kappa shape index (κ1) is 14.8. The van der Waals surface area contributed by atoms with Crippen molar-refractivity contribution in [3.8, 4) is 11.5 Å². The molecule has 0 amide bonds. The maximum atomic E-state index is 11.0. The minimum atomic E-state index is -2.93. The molecule has 0 radical (unpaired) electrons. The van der Waals surface area contributed by atoms with Crippen LogP contribution in [0.5, 0.6) is 11.5 Å². The molecule has 0 saturated heterocycles. The minimum absolute atomic E-state index is 0.121. The molecule has 0 atom stereocenters. The van der Waals surface area contributed by atoms with Crippen LogP contribution >= 0.6 is 0 Å². The molecule has 18 heavy (non-hydrogen) atoms. The van der Waals surface area contributed by atoms with Gasteiger partial charge < -0.3 is 15.2 Å². The summed E-state index contributed by atoms with van der Waals surface area (Å²) in [5.41, 5.74) is 6.48. The van der Waals surface area contributed by atoms with E-state index < -0.39 is 9.84 Å². The van der Waals surface area contributed by atoms with E-state index in [0.29, 0.717) is 31.1 Å². The van der Waals surface area contributed by atoms with E-state index in [1.165, 1.54) is 6.26 Å². The number of hydrogen-bond donors (Lipinski definition) is 1. The summed E-state index contributed by atoms with van der Waals surface area (Å²) in [6, 6.07) is 5.45. The van der Waals surface area contributed by atoms with Crippen LogP contribution < -0.4 is 15.2 Å². The standard InChI is InChI=1S/C12H19NO4S/c1-16-12-8-10(9-13)4-5-11(12)17-6-3-7-18(2,14)15/h4-5,8H,3,6-7,9,13H2,1-2H3. The summed E-state index contributed by atoms with van der Waals surface area (Å²) in [5, 5.41) is 0. The topological polar surface area (TPSA) is 78.6 Å². The number of ether oxygens (including phenoxy) is 2. The van der Waals surface area contributed by atoms with E-state index >= 15 is 0 Å². The maximum absolute atomic E-state index is 11.0. The molecule has 0 aromatic heterocycles. The van der Waals surface area contributed by atoms with E-state index in [1.807, 2.05) is 12.1 Å². The highest BCUT2D eigenvalue weighted by Gasteiger charge is 2.06. The van der Waals surface area contributed by atoms with Gasteiger partial charge in [-0.1, -0.05) is 6.07 Å². The van der Waals surface area contributed by atoms with Crippen molar-refractivity contribution in [2.24, 2.45) is 5.73 Å². The molecular formula is C12H19NO4S. The smallest absolute Gasteiger partial charge is 0.161 e. The van der Waals surface area contributed by atoms with Gasteiger partial charge in [0.15, 0.2) is 11.5 Å². The van der Waals surface area contributed by atoms with Crippen LogP contribution in [-0.4, -0.2) is 34.1 Å². The summed E-state index contributed by atoms with van der Waals surface area (Å²) in [6.07, 6.45) is 1.67. The van der Waals surface area contributed by atoms with E-state index in [9.17, 15) is 8.42 Å². The number of methoxy groups -OCH3 is 1. The molecular weight excluding hydrogens is 254 g/mol. The Hall–Kier alpha value is -1.27. The van der Waals surface area contributed by atoms with Gasteiger partial charge in [-0.2, -0.15) is 0 Å². The minimum Gasteiger partial charge on any atom is -0.493 e. The lowest BCUT2D eigenvalue weighted by molar-refractivity contribution is 0.294. The first-order valence-corrected chi connectivity index (χ1v) is 7.70. The van der Waals surface area contributed by atoms with Crippen molar-refractivity contribution in [1.29, 1.82) is 0 Å². The number of sulfone groups is 1. The van der Waals surface area contributed by atoms with E-state index in [4.69, 9.17) is 15.2 Å². The molecule has 1 rings (SSSR count). The van der Waals surface area contributed by atoms with Gasteiger partial charge >= 0.3 is 0 Å². The Balaban J connectivity index is 2.56. The molecule has 1 aromatic carbocycles. The normalized spacial score (nSPS) is 11.3. The van der Waals surface area contributed by atoms with Crippen LogP contribution in [-0.2, 0) is 16.4 Å². The molecule has 2 N–H and O–H groups in total. The van der Waals surface area contributed by atoms with Crippen LogP contribution in [0.4, 0.5) is 0 Å². The monoisotopic (exact) mass is 273 g/mol. The number of nitrogens with two attached hydrogens (primary N) is 1. The molecule has 1 aromatic rings. The molecule has 0 aliphatic heterocycles. The van der Waals surface area contributed by atoms with Crippen LogP contribution in [0.3, 0.4) is 0 Å². The fourth-order valence-corrected chi connectivity index (χ4v) is 2.10. The summed E-state index contributed by atoms with van der Waals surface area (Å²) in [5.74, 6) is 1.33. The first-order valence-electron chi connectivity index (χ1n) is 5.64. The second-order valence-electron chi connectivity index (χ2n) is 4.02. The van der Waals surface area contributed by atoms with Crippen molar-refractivity contribution in [2.45, 2.75) is 13.0 Å². The molecule has 0 unspecified atom stereocenters. The van der Waals surface area contributed by atoms with Gasteiger partial charge in [0.2, 0.25) is 0 Å². The average Bonchev–Trinajstić information content (AvgIpc) is 2.33. The van der Waals surface area contributed by atoms with E-state index in [0.717, 1.165) is 5.56 Å². The number of rotatable bonds is 7. The summed E-state index contributed by atoms with van der Waals surface area (Å²) in [7, 11) is -1.38. The van der Waals surface area contributed by atoms with Gasteiger partial charge in [0.25, 0.3) is 0 Å². The Morgan fingerprint density at radius 2 is 2.00 bits per heavy atom. The van der Waals surface area contributed by atoms with Crippen molar-refractivity contribution < 1.29 is 17.9 Å². The Morgan fingerprint density at radius 3 is 2.56 bits per heavy atom. The zero-order chi connectivity index (χ0) is 13.6. The van der Waals surface area contributed by atoms with Crippen molar-refractivity contribution in [2.75, 3.05) is 25.7 Å². The lowest BCUT2D eigenvalue weighted by Crippen LogP contribution is -2.08. The third-order valence-corrected chi connectivity index (χ3v) is 3.41. The quantitative estimate of drug-likeness (QED) is 0.749. The van der Waals surface area contributed by atoms with Gasteiger partial charge in [-0.3, -0.25) is 0 Å². The Kier molecular flexibility index (Phi) is 5.43. The molecule has 0 aliphatic carbocycles. The number of hydrogen-bond acceptors (Lipinski definition) is 5. The van der Waals surface area contributed by atoms with Crippen molar-refractivity contribution in [1.82, 2.24) is 0 Å². The van der Waals surface area contributed by atoms with Gasteiger partial charge in [-0.25, -0.2) is 8.42 Å². The predicted molar refractivity (Wildman–Crippen MR) is 70.7 cm³/mol. The summed E-state index contributed by atoms with van der Waals surface area (Å²) in [4.78, 5) is 0. The summed E-state index contributed by atoms with van der Waals surface area (Å²) in [6.45, 7) is 0.774. The third-order valence-electron chi connectivity index (χ3n) is 2.38. The second-order valence-corrected chi connectivity index (χ2v) is 6.28. The Bertz CT molecular complexity index is 485. The summed E-state index contributed by atoms with van der Waals surface area (Å²) >= 11 is 0. The van der Waals surface area contributed by atoms with Crippen LogP contribution in [0, 0.1) is 0 Å².